The number of amides is 2. The lowest BCUT2D eigenvalue weighted by Crippen LogP contribution is -2.39. The van der Waals surface area contributed by atoms with E-state index in [1.165, 1.54) is 6.07 Å². The highest BCUT2D eigenvalue weighted by molar-refractivity contribution is 6.00. The Labute approximate surface area is 83.8 Å². The van der Waals surface area contributed by atoms with E-state index in [1.807, 2.05) is 10.6 Å². The Kier molecular flexibility index (Phi) is 3.17. The number of carbonyl (C=O) groups is 1. The minimum Gasteiger partial charge on any atom is -0.370 e. The van der Waals surface area contributed by atoms with Crippen LogP contribution in [-0.2, 0) is 0 Å². The smallest absolute Gasteiger partial charge is 0.326 e. The Morgan fingerprint density at radius 1 is 1.33 bits per heavy atom. The third-order valence-corrected chi connectivity index (χ3v) is 1.45. The number of nitrogens with one attached hydrogen (secondary N) is 3. The van der Waals surface area contributed by atoms with Crippen LogP contribution in [0.1, 0.15) is 0 Å². The molecule has 0 saturated carbocycles. The van der Waals surface area contributed by atoms with E-state index in [2.05, 4.69) is 0 Å². The van der Waals surface area contributed by atoms with Crippen LogP contribution in [0.5, 0.6) is 0 Å². The van der Waals surface area contributed by atoms with E-state index in [-0.39, 0.29) is 0 Å². The van der Waals surface area contributed by atoms with Gasteiger partial charge in [0.2, 0.25) is 0 Å². The van der Waals surface area contributed by atoms with Crippen LogP contribution in [0.25, 0.3) is 0 Å². The topological polar surface area (TPSA) is 91.0 Å². The van der Waals surface area contributed by atoms with E-state index < -0.39 is 29.3 Å². The zero-order valence-electron chi connectivity index (χ0n) is 7.47. The first-order valence-electron chi connectivity index (χ1n) is 3.86. The molecule has 2 amide bonds. The largest absolute Gasteiger partial charge is 0.370 e. The van der Waals surface area contributed by atoms with Gasteiger partial charge in [-0.1, -0.05) is 6.07 Å². The summed E-state index contributed by atoms with van der Waals surface area (Å²) in [5.41, 5.74) is 4.26. The minimum absolute atomic E-state index is 0.587. The van der Waals surface area contributed by atoms with Crippen LogP contribution in [0.4, 0.5) is 19.3 Å². The second-order valence-electron chi connectivity index (χ2n) is 2.59. The van der Waals surface area contributed by atoms with Gasteiger partial charge < -0.3 is 11.1 Å². The highest BCUT2D eigenvalue weighted by Gasteiger charge is 2.11. The summed E-state index contributed by atoms with van der Waals surface area (Å²) < 4.78 is 26.0. The van der Waals surface area contributed by atoms with Crippen molar-refractivity contribution in [3.8, 4) is 0 Å². The molecule has 0 spiro atoms. The average Bonchev–Trinajstić information content (AvgIpc) is 2.10. The van der Waals surface area contributed by atoms with Crippen LogP contribution >= 0.6 is 0 Å². The summed E-state index contributed by atoms with van der Waals surface area (Å²) >= 11 is 0. The Hall–Kier alpha value is -2.18. The first-order valence-corrected chi connectivity index (χ1v) is 3.86. The standard InChI is InChI=1S/C8H8F2N4O/c9-4-2-1-3-5(10)6(4)13-8(15)14-7(11)12/h1-3H,(H5,11,12,13,14,15). The van der Waals surface area contributed by atoms with Gasteiger partial charge in [-0.2, -0.15) is 0 Å². The molecular weight excluding hydrogens is 206 g/mol. The Balaban J connectivity index is 2.80. The van der Waals surface area contributed by atoms with Crippen molar-refractivity contribution in [1.82, 2.24) is 5.32 Å². The molecule has 0 atom stereocenters. The number of nitrogens with two attached hydrogens (primary N) is 1. The van der Waals surface area contributed by atoms with Gasteiger partial charge >= 0.3 is 6.03 Å². The summed E-state index contributed by atoms with van der Waals surface area (Å²) in [7, 11) is 0. The van der Waals surface area contributed by atoms with E-state index in [4.69, 9.17) is 11.1 Å². The van der Waals surface area contributed by atoms with Crippen molar-refractivity contribution >= 4 is 17.7 Å². The number of benzene rings is 1. The molecule has 0 heterocycles. The fourth-order valence-electron chi connectivity index (χ4n) is 0.884. The second kappa shape index (κ2) is 4.36. The van der Waals surface area contributed by atoms with Crippen molar-refractivity contribution in [2.45, 2.75) is 0 Å². The summed E-state index contributed by atoms with van der Waals surface area (Å²) in [4.78, 5) is 11.0. The number of halogens is 2. The lowest BCUT2D eigenvalue weighted by atomic mass is 10.3. The molecule has 0 bridgehead atoms. The molecule has 0 fully saturated rings. The molecular formula is C8H8F2N4O. The van der Waals surface area contributed by atoms with E-state index in [1.54, 1.807) is 0 Å². The zero-order chi connectivity index (χ0) is 11.4. The van der Waals surface area contributed by atoms with Crippen molar-refractivity contribution in [3.05, 3.63) is 29.8 Å². The molecule has 0 aliphatic rings. The van der Waals surface area contributed by atoms with Gasteiger partial charge in [-0.3, -0.25) is 10.7 Å². The maximum absolute atomic E-state index is 13.0. The lowest BCUT2D eigenvalue weighted by molar-refractivity contribution is 0.255. The summed E-state index contributed by atoms with van der Waals surface area (Å²) in [5.74, 6) is -2.44. The van der Waals surface area contributed by atoms with E-state index in [0.717, 1.165) is 12.1 Å². The van der Waals surface area contributed by atoms with Crippen LogP contribution < -0.4 is 16.4 Å². The first-order chi connectivity index (χ1) is 7.00. The molecule has 1 rings (SSSR count). The van der Waals surface area contributed by atoms with Gasteiger partial charge in [0.1, 0.15) is 17.3 Å². The van der Waals surface area contributed by atoms with Crippen molar-refractivity contribution in [2.75, 3.05) is 5.32 Å². The Bertz CT molecular complexity index is 387. The van der Waals surface area contributed by atoms with Gasteiger partial charge in [0.05, 0.1) is 0 Å². The average molecular weight is 214 g/mol. The number of carbonyl (C=O) groups excluding carboxylic acids is 1. The Morgan fingerprint density at radius 3 is 2.33 bits per heavy atom. The monoisotopic (exact) mass is 214 g/mol. The number of rotatable bonds is 1. The number of hydrogen-bond acceptors (Lipinski definition) is 2. The molecule has 0 aromatic heterocycles. The number of para-hydroxylation sites is 1. The fraction of sp³-hybridized carbons (Fsp3) is 0. The van der Waals surface area contributed by atoms with Gasteiger partial charge in [0, 0.05) is 0 Å². The summed E-state index contributed by atoms with van der Waals surface area (Å²) in [5, 5.41) is 10.4. The molecule has 15 heavy (non-hydrogen) atoms. The van der Waals surface area contributed by atoms with Crippen LogP contribution in [0, 0.1) is 17.0 Å². The van der Waals surface area contributed by atoms with Crippen molar-refractivity contribution in [3.63, 3.8) is 0 Å². The van der Waals surface area contributed by atoms with Crippen LogP contribution in [-0.4, -0.2) is 12.0 Å². The normalized spacial score (nSPS) is 9.47. The molecule has 0 unspecified atom stereocenters. The molecule has 0 aliphatic carbocycles. The number of hydrogen-bond donors (Lipinski definition) is 4. The summed E-state index contributed by atoms with van der Waals surface area (Å²) in [6, 6.07) is 2.17. The van der Waals surface area contributed by atoms with Crippen molar-refractivity contribution < 1.29 is 13.6 Å². The molecule has 80 valence electrons. The molecule has 7 heteroatoms. The molecule has 5 nitrogen and oxygen atoms in total. The van der Waals surface area contributed by atoms with Crippen LogP contribution in [0.2, 0.25) is 0 Å². The highest BCUT2D eigenvalue weighted by atomic mass is 19.1. The van der Waals surface area contributed by atoms with E-state index in [0.29, 0.717) is 0 Å². The van der Waals surface area contributed by atoms with Gasteiger partial charge in [0.25, 0.3) is 0 Å². The molecule has 0 aliphatic heterocycles. The Morgan fingerprint density at radius 2 is 1.87 bits per heavy atom. The van der Waals surface area contributed by atoms with Gasteiger partial charge in [0.15, 0.2) is 5.96 Å². The number of anilines is 1. The van der Waals surface area contributed by atoms with Gasteiger partial charge in [-0.15, -0.1) is 0 Å². The lowest BCUT2D eigenvalue weighted by Gasteiger charge is -2.07. The van der Waals surface area contributed by atoms with Crippen LogP contribution in [0.3, 0.4) is 0 Å². The first kappa shape index (κ1) is 10.9. The third-order valence-electron chi connectivity index (χ3n) is 1.45. The van der Waals surface area contributed by atoms with Crippen molar-refractivity contribution in [1.29, 1.82) is 5.41 Å². The zero-order valence-corrected chi connectivity index (χ0v) is 7.47. The number of guanidine groups is 1. The summed E-state index contributed by atoms with van der Waals surface area (Å²) in [6.07, 6.45) is 0. The van der Waals surface area contributed by atoms with Gasteiger partial charge in [-0.05, 0) is 12.1 Å². The van der Waals surface area contributed by atoms with Crippen LogP contribution in [0.15, 0.2) is 18.2 Å². The summed E-state index contributed by atoms with van der Waals surface area (Å²) in [6.45, 7) is 0. The predicted molar refractivity (Wildman–Crippen MR) is 50.4 cm³/mol. The second-order valence-corrected chi connectivity index (χ2v) is 2.59. The molecule has 5 N–H and O–H groups in total. The maximum atomic E-state index is 13.0. The predicted octanol–water partition coefficient (Wildman–Crippen LogP) is 0.980. The highest BCUT2D eigenvalue weighted by Crippen LogP contribution is 2.17. The molecule has 1 aromatic rings. The van der Waals surface area contributed by atoms with E-state index >= 15 is 0 Å². The van der Waals surface area contributed by atoms with Crippen molar-refractivity contribution in [2.24, 2.45) is 5.73 Å². The molecule has 1 aromatic carbocycles. The SMILES string of the molecule is N=C(N)NC(=O)Nc1c(F)cccc1F. The molecule has 0 saturated heterocycles. The van der Waals surface area contributed by atoms with Gasteiger partial charge in [-0.25, -0.2) is 13.6 Å². The fourth-order valence-corrected chi connectivity index (χ4v) is 0.884. The molecule has 0 radical (unpaired) electrons. The number of urea groups is 1. The third kappa shape index (κ3) is 2.90. The maximum Gasteiger partial charge on any atom is 0.326 e. The quantitative estimate of drug-likeness (QED) is 0.414. The minimum atomic E-state index is -0.980. The van der Waals surface area contributed by atoms with E-state index in [9.17, 15) is 13.6 Å².